The van der Waals surface area contributed by atoms with E-state index in [2.05, 4.69) is 40.2 Å². The van der Waals surface area contributed by atoms with E-state index in [1.807, 2.05) is 23.2 Å². The highest BCUT2D eigenvalue weighted by Gasteiger charge is 2.29. The Labute approximate surface area is 131 Å². The second-order valence-electron chi connectivity index (χ2n) is 5.72. The number of pyridine rings is 1. The highest BCUT2D eigenvalue weighted by molar-refractivity contribution is 5.73. The van der Waals surface area contributed by atoms with Gasteiger partial charge >= 0.3 is 0 Å². The average molecular weight is 295 g/mol. The predicted molar refractivity (Wildman–Crippen MR) is 86.1 cm³/mol. The van der Waals surface area contributed by atoms with Crippen LogP contribution in [-0.4, -0.2) is 40.3 Å². The lowest BCUT2D eigenvalue weighted by Crippen LogP contribution is -2.49. The number of amides is 1. The van der Waals surface area contributed by atoms with E-state index < -0.39 is 0 Å². The Hall–Kier alpha value is -2.20. The van der Waals surface area contributed by atoms with Gasteiger partial charge in [0, 0.05) is 45.5 Å². The van der Waals surface area contributed by atoms with Gasteiger partial charge in [-0.3, -0.25) is 14.7 Å². The van der Waals surface area contributed by atoms with Crippen molar-refractivity contribution in [1.82, 2.24) is 14.8 Å². The molecule has 1 aliphatic heterocycles. The fourth-order valence-corrected chi connectivity index (χ4v) is 3.01. The van der Waals surface area contributed by atoms with Gasteiger partial charge < -0.3 is 4.90 Å². The molecule has 1 aromatic carbocycles. The van der Waals surface area contributed by atoms with Crippen LogP contribution in [0.15, 0.2) is 54.9 Å². The van der Waals surface area contributed by atoms with Crippen LogP contribution in [0.4, 0.5) is 0 Å². The van der Waals surface area contributed by atoms with E-state index in [0.717, 1.165) is 26.2 Å². The van der Waals surface area contributed by atoms with Crippen molar-refractivity contribution in [2.75, 3.05) is 19.6 Å². The molecule has 114 valence electrons. The zero-order valence-corrected chi connectivity index (χ0v) is 12.9. The molecule has 2 aromatic rings. The molecule has 1 aliphatic rings. The van der Waals surface area contributed by atoms with Crippen molar-refractivity contribution < 1.29 is 4.79 Å². The molecule has 0 unspecified atom stereocenters. The zero-order valence-electron chi connectivity index (χ0n) is 12.9. The minimum atomic E-state index is 0.155. The van der Waals surface area contributed by atoms with Crippen LogP contribution in [0.5, 0.6) is 0 Å². The van der Waals surface area contributed by atoms with Crippen molar-refractivity contribution in [1.29, 1.82) is 0 Å². The van der Waals surface area contributed by atoms with Gasteiger partial charge in [0.05, 0.1) is 6.04 Å². The maximum absolute atomic E-state index is 11.7. The molecule has 0 spiro atoms. The minimum absolute atomic E-state index is 0.155. The first-order chi connectivity index (χ1) is 10.7. The summed E-state index contributed by atoms with van der Waals surface area (Å²) in [6.07, 6.45) is 3.71. The van der Waals surface area contributed by atoms with Gasteiger partial charge in [-0.25, -0.2) is 0 Å². The highest BCUT2D eigenvalue weighted by atomic mass is 16.2. The molecule has 1 amide bonds. The van der Waals surface area contributed by atoms with E-state index in [1.54, 1.807) is 13.1 Å². The standard InChI is InChI=1S/C18H21N3O/c1-15(22)20-10-11-21(13-16-6-5-9-19-12-16)18(14-20)17-7-3-2-4-8-17/h2-9,12,18H,10-11,13-14H2,1H3/t18-/m0/s1. The van der Waals surface area contributed by atoms with Gasteiger partial charge in [-0.1, -0.05) is 36.4 Å². The van der Waals surface area contributed by atoms with Crippen molar-refractivity contribution in [3.8, 4) is 0 Å². The van der Waals surface area contributed by atoms with E-state index in [0.29, 0.717) is 0 Å². The zero-order chi connectivity index (χ0) is 15.4. The summed E-state index contributed by atoms with van der Waals surface area (Å²) in [5.41, 5.74) is 2.47. The lowest BCUT2D eigenvalue weighted by molar-refractivity contribution is -0.132. The largest absolute Gasteiger partial charge is 0.340 e. The summed E-state index contributed by atoms with van der Waals surface area (Å²) in [4.78, 5) is 20.3. The monoisotopic (exact) mass is 295 g/mol. The molecule has 4 nitrogen and oxygen atoms in total. The van der Waals surface area contributed by atoms with Crippen LogP contribution in [0.25, 0.3) is 0 Å². The molecule has 1 atom stereocenters. The molecule has 22 heavy (non-hydrogen) atoms. The molecule has 0 bridgehead atoms. The van der Waals surface area contributed by atoms with Crippen LogP contribution >= 0.6 is 0 Å². The first-order valence-corrected chi connectivity index (χ1v) is 7.67. The Morgan fingerprint density at radius 1 is 1.18 bits per heavy atom. The van der Waals surface area contributed by atoms with Crippen molar-refractivity contribution in [3.05, 3.63) is 66.0 Å². The fraction of sp³-hybridized carbons (Fsp3) is 0.333. The molecule has 2 heterocycles. The number of hydrogen-bond acceptors (Lipinski definition) is 3. The van der Waals surface area contributed by atoms with Crippen LogP contribution in [-0.2, 0) is 11.3 Å². The van der Waals surface area contributed by atoms with Crippen molar-refractivity contribution in [2.45, 2.75) is 19.5 Å². The second-order valence-corrected chi connectivity index (χ2v) is 5.72. The van der Waals surface area contributed by atoms with Crippen LogP contribution < -0.4 is 0 Å². The third-order valence-electron chi connectivity index (χ3n) is 4.23. The van der Waals surface area contributed by atoms with E-state index in [-0.39, 0.29) is 11.9 Å². The van der Waals surface area contributed by atoms with Gasteiger partial charge in [0.2, 0.25) is 5.91 Å². The Morgan fingerprint density at radius 2 is 2.00 bits per heavy atom. The van der Waals surface area contributed by atoms with Crippen LogP contribution in [0.1, 0.15) is 24.1 Å². The quantitative estimate of drug-likeness (QED) is 0.873. The lowest BCUT2D eigenvalue weighted by Gasteiger charge is -2.41. The van der Waals surface area contributed by atoms with Crippen LogP contribution in [0.3, 0.4) is 0 Å². The summed E-state index contributed by atoms with van der Waals surface area (Å²) in [6.45, 7) is 4.94. The van der Waals surface area contributed by atoms with Crippen LogP contribution in [0, 0.1) is 0 Å². The molecule has 0 aliphatic carbocycles. The predicted octanol–water partition coefficient (Wildman–Crippen LogP) is 2.49. The normalized spacial score (nSPS) is 19.1. The molecule has 0 saturated carbocycles. The smallest absolute Gasteiger partial charge is 0.219 e. The molecule has 0 radical (unpaired) electrons. The maximum Gasteiger partial charge on any atom is 0.219 e. The summed E-state index contributed by atoms with van der Waals surface area (Å²) < 4.78 is 0. The highest BCUT2D eigenvalue weighted by Crippen LogP contribution is 2.27. The minimum Gasteiger partial charge on any atom is -0.340 e. The van der Waals surface area contributed by atoms with Gasteiger partial charge in [-0.05, 0) is 17.2 Å². The fourth-order valence-electron chi connectivity index (χ4n) is 3.01. The van der Waals surface area contributed by atoms with Gasteiger partial charge in [0.25, 0.3) is 0 Å². The Morgan fingerprint density at radius 3 is 2.68 bits per heavy atom. The van der Waals surface area contributed by atoms with E-state index in [9.17, 15) is 4.79 Å². The summed E-state index contributed by atoms with van der Waals surface area (Å²) in [5.74, 6) is 0.155. The Bertz CT molecular complexity index is 615. The molecule has 1 aromatic heterocycles. The maximum atomic E-state index is 11.7. The third kappa shape index (κ3) is 3.34. The molecule has 0 N–H and O–H groups in total. The van der Waals surface area contributed by atoms with Crippen molar-refractivity contribution >= 4 is 5.91 Å². The second kappa shape index (κ2) is 6.71. The number of carbonyl (C=O) groups excluding carboxylic acids is 1. The van der Waals surface area contributed by atoms with Gasteiger partial charge in [-0.15, -0.1) is 0 Å². The van der Waals surface area contributed by atoms with Crippen LogP contribution in [0.2, 0.25) is 0 Å². The number of hydrogen-bond donors (Lipinski definition) is 0. The molecular formula is C18H21N3O. The average Bonchev–Trinajstić information content (AvgIpc) is 2.57. The van der Waals surface area contributed by atoms with E-state index >= 15 is 0 Å². The number of nitrogens with zero attached hydrogens (tertiary/aromatic N) is 3. The van der Waals surface area contributed by atoms with Gasteiger partial charge in [0.1, 0.15) is 0 Å². The molecule has 4 heteroatoms. The number of piperazine rings is 1. The summed E-state index contributed by atoms with van der Waals surface area (Å²) >= 11 is 0. The first kappa shape index (κ1) is 14.7. The van der Waals surface area contributed by atoms with Gasteiger partial charge in [-0.2, -0.15) is 0 Å². The Kier molecular flexibility index (Phi) is 4.49. The van der Waals surface area contributed by atoms with Crippen molar-refractivity contribution in [2.24, 2.45) is 0 Å². The molecular weight excluding hydrogens is 274 g/mol. The first-order valence-electron chi connectivity index (χ1n) is 7.67. The number of rotatable bonds is 3. The molecule has 1 saturated heterocycles. The number of carbonyl (C=O) groups is 1. The third-order valence-corrected chi connectivity index (χ3v) is 4.23. The van der Waals surface area contributed by atoms with Crippen molar-refractivity contribution in [3.63, 3.8) is 0 Å². The molecule has 3 rings (SSSR count). The lowest BCUT2D eigenvalue weighted by atomic mass is 10.0. The number of benzene rings is 1. The van der Waals surface area contributed by atoms with E-state index in [1.165, 1.54) is 11.1 Å². The SMILES string of the molecule is CC(=O)N1CCN(Cc2cccnc2)[C@H](c2ccccc2)C1. The topological polar surface area (TPSA) is 36.4 Å². The van der Waals surface area contributed by atoms with E-state index in [4.69, 9.17) is 0 Å². The summed E-state index contributed by atoms with van der Waals surface area (Å²) in [5, 5.41) is 0. The Balaban J connectivity index is 1.82. The molecule has 1 fully saturated rings. The van der Waals surface area contributed by atoms with Gasteiger partial charge in [0.15, 0.2) is 0 Å². The number of aromatic nitrogens is 1. The summed E-state index contributed by atoms with van der Waals surface area (Å²) in [7, 11) is 0. The summed E-state index contributed by atoms with van der Waals surface area (Å²) in [6, 6.07) is 14.7.